The van der Waals surface area contributed by atoms with Gasteiger partial charge in [-0.1, -0.05) is 6.92 Å². The molecule has 1 aromatic rings. The first-order valence-electron chi connectivity index (χ1n) is 5.99. The maximum absolute atomic E-state index is 5.30. The van der Waals surface area contributed by atoms with Crippen LogP contribution in [0.5, 0.6) is 5.75 Å². The molecule has 1 aromatic heterocycles. The van der Waals surface area contributed by atoms with Crippen LogP contribution >= 0.6 is 0 Å². The number of nitrogens with one attached hydrogen (secondary N) is 1. The lowest BCUT2D eigenvalue weighted by Crippen LogP contribution is -2.24. The van der Waals surface area contributed by atoms with Crippen LogP contribution in [0.2, 0.25) is 0 Å². The van der Waals surface area contributed by atoms with Crippen LogP contribution in [0.25, 0.3) is 0 Å². The van der Waals surface area contributed by atoms with Crippen LogP contribution in [-0.4, -0.2) is 29.5 Å². The summed E-state index contributed by atoms with van der Waals surface area (Å²) < 4.78 is 7.21. The molecule has 1 heterocycles. The number of hydrogen-bond acceptors (Lipinski definition) is 3. The van der Waals surface area contributed by atoms with Gasteiger partial charge in [0, 0.05) is 13.1 Å². The van der Waals surface area contributed by atoms with E-state index in [2.05, 4.69) is 17.3 Å². The Bertz CT molecular complexity index is 344. The third-order valence-corrected chi connectivity index (χ3v) is 3.12. The normalized spacial score (nSPS) is 17.4. The molecule has 0 amide bonds. The third-order valence-electron chi connectivity index (χ3n) is 3.12. The predicted molar refractivity (Wildman–Crippen MR) is 63.7 cm³/mol. The Morgan fingerprint density at radius 1 is 1.62 bits per heavy atom. The summed E-state index contributed by atoms with van der Waals surface area (Å²) in [4.78, 5) is 0. The fourth-order valence-corrected chi connectivity index (χ4v) is 1.90. The summed E-state index contributed by atoms with van der Waals surface area (Å²) in [7, 11) is 3.67. The first-order chi connectivity index (χ1) is 7.70. The molecule has 0 saturated heterocycles. The second-order valence-electron chi connectivity index (χ2n) is 4.78. The second kappa shape index (κ2) is 4.87. The molecule has 0 aliphatic heterocycles. The molecule has 1 aliphatic rings. The van der Waals surface area contributed by atoms with Crippen molar-refractivity contribution in [2.75, 3.05) is 13.7 Å². The summed E-state index contributed by atoms with van der Waals surface area (Å²) >= 11 is 0. The van der Waals surface area contributed by atoms with Gasteiger partial charge in [0.1, 0.15) is 0 Å². The van der Waals surface area contributed by atoms with E-state index >= 15 is 0 Å². The molecule has 1 fully saturated rings. The van der Waals surface area contributed by atoms with Crippen LogP contribution in [-0.2, 0) is 13.5 Å². The molecule has 1 aliphatic carbocycles. The minimum Gasteiger partial charge on any atom is -0.493 e. The van der Waals surface area contributed by atoms with Crippen LogP contribution in [0.4, 0.5) is 0 Å². The molecule has 2 rings (SSSR count). The number of hydrogen-bond donors (Lipinski definition) is 1. The minimum absolute atomic E-state index is 0.616. The average molecular weight is 223 g/mol. The molecule has 1 N–H and O–H groups in total. The third kappa shape index (κ3) is 2.76. The number of nitrogens with zero attached hydrogens (tertiary/aromatic N) is 2. The number of methoxy groups -OCH3 is 1. The van der Waals surface area contributed by atoms with Crippen molar-refractivity contribution in [3.8, 4) is 5.75 Å². The van der Waals surface area contributed by atoms with Gasteiger partial charge in [-0.15, -0.1) is 0 Å². The molecular weight excluding hydrogens is 202 g/mol. The minimum atomic E-state index is 0.616. The van der Waals surface area contributed by atoms with Crippen molar-refractivity contribution in [1.82, 2.24) is 15.1 Å². The van der Waals surface area contributed by atoms with Crippen molar-refractivity contribution in [2.24, 2.45) is 13.0 Å². The first kappa shape index (κ1) is 11.5. The fraction of sp³-hybridized carbons (Fsp3) is 0.750. The second-order valence-corrected chi connectivity index (χ2v) is 4.78. The van der Waals surface area contributed by atoms with Crippen molar-refractivity contribution in [2.45, 2.75) is 32.2 Å². The standard InChI is InChI=1S/C12H21N3O/c1-9(7-13-10-4-5-10)6-11-12(16-3)8-14-15(11)2/h8-10,13H,4-7H2,1-3H3. The Labute approximate surface area is 97.0 Å². The maximum atomic E-state index is 5.30. The van der Waals surface area contributed by atoms with Crippen molar-refractivity contribution in [1.29, 1.82) is 0 Å². The molecule has 4 heteroatoms. The largest absolute Gasteiger partial charge is 0.493 e. The lowest BCUT2D eigenvalue weighted by atomic mass is 10.1. The molecule has 0 radical (unpaired) electrons. The van der Waals surface area contributed by atoms with Gasteiger partial charge in [-0.3, -0.25) is 4.68 Å². The van der Waals surface area contributed by atoms with E-state index in [0.717, 1.165) is 24.8 Å². The van der Waals surface area contributed by atoms with E-state index in [9.17, 15) is 0 Å². The fourth-order valence-electron chi connectivity index (χ4n) is 1.90. The van der Waals surface area contributed by atoms with Crippen molar-refractivity contribution in [3.05, 3.63) is 11.9 Å². The van der Waals surface area contributed by atoms with E-state index in [0.29, 0.717) is 5.92 Å². The smallest absolute Gasteiger partial charge is 0.159 e. The topological polar surface area (TPSA) is 39.1 Å². The Kier molecular flexibility index (Phi) is 3.49. The van der Waals surface area contributed by atoms with E-state index in [1.54, 1.807) is 13.3 Å². The van der Waals surface area contributed by atoms with E-state index < -0.39 is 0 Å². The lowest BCUT2D eigenvalue weighted by Gasteiger charge is -2.13. The van der Waals surface area contributed by atoms with E-state index in [4.69, 9.17) is 4.74 Å². The molecule has 1 atom stereocenters. The van der Waals surface area contributed by atoms with Gasteiger partial charge in [0.25, 0.3) is 0 Å². The summed E-state index contributed by atoms with van der Waals surface area (Å²) in [5.74, 6) is 1.52. The Balaban J connectivity index is 1.87. The van der Waals surface area contributed by atoms with Crippen LogP contribution < -0.4 is 10.1 Å². The maximum Gasteiger partial charge on any atom is 0.159 e. The number of ether oxygens (including phenoxy) is 1. The van der Waals surface area contributed by atoms with E-state index in [-0.39, 0.29) is 0 Å². The molecule has 90 valence electrons. The Morgan fingerprint density at radius 3 is 3.00 bits per heavy atom. The summed E-state index contributed by atoms with van der Waals surface area (Å²) in [5.41, 5.74) is 1.19. The average Bonchev–Trinajstić information content (AvgIpc) is 3.03. The van der Waals surface area contributed by atoms with Gasteiger partial charge >= 0.3 is 0 Å². The molecule has 0 bridgehead atoms. The quantitative estimate of drug-likeness (QED) is 0.791. The summed E-state index contributed by atoms with van der Waals surface area (Å²) in [6.07, 6.45) is 5.50. The number of rotatable bonds is 6. The molecule has 0 spiro atoms. The van der Waals surface area contributed by atoms with E-state index in [1.165, 1.54) is 18.5 Å². The Morgan fingerprint density at radius 2 is 2.38 bits per heavy atom. The number of aryl methyl sites for hydroxylation is 1. The van der Waals surface area contributed by atoms with Gasteiger partial charge in [0.15, 0.2) is 5.75 Å². The van der Waals surface area contributed by atoms with Gasteiger partial charge < -0.3 is 10.1 Å². The zero-order valence-corrected chi connectivity index (χ0v) is 10.4. The highest BCUT2D eigenvalue weighted by Crippen LogP contribution is 2.22. The predicted octanol–water partition coefficient (Wildman–Crippen LogP) is 1.36. The molecule has 16 heavy (non-hydrogen) atoms. The summed E-state index contributed by atoms with van der Waals surface area (Å²) in [6.45, 7) is 3.35. The highest BCUT2D eigenvalue weighted by molar-refractivity contribution is 5.25. The zero-order valence-electron chi connectivity index (χ0n) is 10.4. The van der Waals surface area contributed by atoms with Gasteiger partial charge in [0.05, 0.1) is 19.0 Å². The SMILES string of the molecule is COc1cnn(C)c1CC(C)CNC1CC1. The lowest BCUT2D eigenvalue weighted by molar-refractivity contribution is 0.400. The van der Waals surface area contributed by atoms with Gasteiger partial charge in [-0.2, -0.15) is 5.10 Å². The summed E-state index contributed by atoms with van der Waals surface area (Å²) in [6, 6.07) is 0.788. The molecular formula is C12H21N3O. The highest BCUT2D eigenvalue weighted by Gasteiger charge is 2.21. The van der Waals surface area contributed by atoms with Crippen molar-refractivity contribution in [3.63, 3.8) is 0 Å². The molecule has 0 aromatic carbocycles. The molecule has 1 saturated carbocycles. The summed E-state index contributed by atoms with van der Waals surface area (Å²) in [5, 5.41) is 7.77. The van der Waals surface area contributed by atoms with Crippen molar-refractivity contribution < 1.29 is 4.74 Å². The van der Waals surface area contributed by atoms with Crippen LogP contribution in [0.15, 0.2) is 6.20 Å². The van der Waals surface area contributed by atoms with Gasteiger partial charge in [-0.25, -0.2) is 0 Å². The van der Waals surface area contributed by atoms with Gasteiger partial charge in [0.2, 0.25) is 0 Å². The first-order valence-corrected chi connectivity index (χ1v) is 5.99. The van der Waals surface area contributed by atoms with Crippen molar-refractivity contribution >= 4 is 0 Å². The highest BCUT2D eigenvalue weighted by atomic mass is 16.5. The van der Waals surface area contributed by atoms with Crippen LogP contribution in [0, 0.1) is 5.92 Å². The zero-order chi connectivity index (χ0) is 11.5. The number of aromatic nitrogens is 2. The molecule has 1 unspecified atom stereocenters. The monoisotopic (exact) mass is 223 g/mol. The van der Waals surface area contributed by atoms with Crippen LogP contribution in [0.3, 0.4) is 0 Å². The van der Waals surface area contributed by atoms with Crippen LogP contribution in [0.1, 0.15) is 25.5 Å². The van der Waals surface area contributed by atoms with Gasteiger partial charge in [-0.05, 0) is 31.7 Å². The Hall–Kier alpha value is -1.03. The van der Waals surface area contributed by atoms with E-state index in [1.807, 2.05) is 11.7 Å². The molecule has 4 nitrogen and oxygen atoms in total.